The van der Waals surface area contributed by atoms with Crippen molar-refractivity contribution in [3.63, 3.8) is 0 Å². The van der Waals surface area contributed by atoms with Gasteiger partial charge < -0.3 is 15.4 Å². The number of amides is 2. The zero-order valence-electron chi connectivity index (χ0n) is 12.6. The van der Waals surface area contributed by atoms with Gasteiger partial charge in [0.25, 0.3) is 0 Å². The van der Waals surface area contributed by atoms with Crippen LogP contribution in [0.4, 0.5) is 23.7 Å². The van der Waals surface area contributed by atoms with E-state index in [0.717, 1.165) is 27.4 Å². The summed E-state index contributed by atoms with van der Waals surface area (Å²) >= 11 is 1.45. The summed E-state index contributed by atoms with van der Waals surface area (Å²) in [6, 6.07) is 10.2. The van der Waals surface area contributed by atoms with E-state index in [4.69, 9.17) is 0 Å². The van der Waals surface area contributed by atoms with Crippen LogP contribution in [0.5, 0.6) is 5.75 Å². The van der Waals surface area contributed by atoms with E-state index in [1.165, 1.54) is 17.4 Å². The number of benzene rings is 2. The molecule has 0 saturated heterocycles. The van der Waals surface area contributed by atoms with E-state index in [1.54, 1.807) is 0 Å². The number of thiazole rings is 1. The normalized spacial score (nSPS) is 10.9. The largest absolute Gasteiger partial charge is 0.432 e. The molecule has 2 amide bonds. The lowest BCUT2D eigenvalue weighted by atomic mass is 10.3. The number of halogens is 3. The number of hydrogen-bond acceptors (Lipinski definition) is 4. The molecule has 3 aromatic rings. The van der Waals surface area contributed by atoms with E-state index in [9.17, 15) is 18.0 Å². The van der Waals surface area contributed by atoms with Crippen molar-refractivity contribution in [2.75, 3.05) is 5.32 Å². The number of carbonyl (C=O) groups excluding carboxylic acids is 1. The summed E-state index contributed by atoms with van der Waals surface area (Å²) in [4.78, 5) is 16.2. The molecule has 0 fully saturated rings. The van der Waals surface area contributed by atoms with Crippen molar-refractivity contribution in [1.82, 2.24) is 10.3 Å². The molecule has 2 aromatic carbocycles. The topological polar surface area (TPSA) is 63.2 Å². The highest BCUT2D eigenvalue weighted by molar-refractivity contribution is 7.18. The number of alkyl halides is 2. The van der Waals surface area contributed by atoms with E-state index in [2.05, 4.69) is 20.4 Å². The predicted molar refractivity (Wildman–Crippen MR) is 88.5 cm³/mol. The highest BCUT2D eigenvalue weighted by Crippen LogP contribution is 2.23. The van der Waals surface area contributed by atoms with Crippen LogP contribution in [-0.2, 0) is 6.54 Å². The highest BCUT2D eigenvalue weighted by atomic mass is 32.1. The summed E-state index contributed by atoms with van der Waals surface area (Å²) in [7, 11) is 0. The number of hydrogen-bond donors (Lipinski definition) is 2. The number of anilines is 1. The van der Waals surface area contributed by atoms with Gasteiger partial charge in [-0.3, -0.25) is 0 Å². The first-order valence-electron chi connectivity index (χ1n) is 7.15. The molecule has 1 heterocycles. The number of ether oxygens (including phenoxy) is 1. The van der Waals surface area contributed by atoms with Crippen molar-refractivity contribution < 1.29 is 22.7 Å². The number of nitrogens with one attached hydrogen (secondary N) is 2. The number of fused-ring (bicyclic) bond motifs is 1. The van der Waals surface area contributed by atoms with Gasteiger partial charge >= 0.3 is 12.6 Å². The Kier molecular flexibility index (Phi) is 5.03. The maximum absolute atomic E-state index is 13.6. The quantitative estimate of drug-likeness (QED) is 0.704. The highest BCUT2D eigenvalue weighted by Gasteiger charge is 2.12. The average molecular weight is 367 g/mol. The van der Waals surface area contributed by atoms with Crippen LogP contribution >= 0.6 is 11.3 Å². The molecular formula is C16H12F3N3O2S. The molecule has 0 unspecified atom stereocenters. The molecule has 0 atom stereocenters. The number of rotatable bonds is 5. The van der Waals surface area contributed by atoms with E-state index < -0.39 is 24.2 Å². The molecule has 1 aromatic heterocycles. The first-order chi connectivity index (χ1) is 12.0. The fraction of sp³-hybridized carbons (Fsp3) is 0.125. The summed E-state index contributed by atoms with van der Waals surface area (Å²) in [5, 5.41) is 5.74. The van der Waals surface area contributed by atoms with Gasteiger partial charge in [0.15, 0.2) is 11.6 Å². The molecule has 9 heteroatoms. The van der Waals surface area contributed by atoms with Crippen molar-refractivity contribution in [2.45, 2.75) is 13.2 Å². The van der Waals surface area contributed by atoms with Crippen molar-refractivity contribution in [2.24, 2.45) is 0 Å². The minimum Gasteiger partial charge on any atom is -0.432 e. The second kappa shape index (κ2) is 7.39. The van der Waals surface area contributed by atoms with Gasteiger partial charge in [-0.25, -0.2) is 14.2 Å². The monoisotopic (exact) mass is 367 g/mol. The van der Waals surface area contributed by atoms with Crippen molar-refractivity contribution in [3.05, 3.63) is 53.3 Å². The van der Waals surface area contributed by atoms with Crippen LogP contribution in [-0.4, -0.2) is 17.6 Å². The molecule has 25 heavy (non-hydrogen) atoms. The third-order valence-electron chi connectivity index (χ3n) is 3.14. The number of urea groups is 1. The zero-order chi connectivity index (χ0) is 17.8. The van der Waals surface area contributed by atoms with Crippen molar-refractivity contribution in [1.29, 1.82) is 0 Å². The molecule has 0 aliphatic rings. The Labute approximate surface area is 144 Å². The molecule has 0 aliphatic heterocycles. The smallest absolute Gasteiger partial charge is 0.387 e. The maximum atomic E-state index is 13.6. The van der Waals surface area contributed by atoms with Crippen LogP contribution in [0.3, 0.4) is 0 Å². The fourth-order valence-electron chi connectivity index (χ4n) is 2.10. The van der Waals surface area contributed by atoms with E-state index in [0.29, 0.717) is 0 Å². The summed E-state index contributed by atoms with van der Waals surface area (Å²) in [5.74, 6) is -1.58. The van der Waals surface area contributed by atoms with Crippen LogP contribution in [0.15, 0.2) is 42.5 Å². The Morgan fingerprint density at radius 3 is 2.76 bits per heavy atom. The molecule has 2 N–H and O–H groups in total. The second-order valence-electron chi connectivity index (χ2n) is 4.91. The van der Waals surface area contributed by atoms with Gasteiger partial charge in [0.05, 0.1) is 16.8 Å². The molecule has 0 aliphatic carbocycles. The number of carbonyl (C=O) groups is 1. The number of para-hydroxylation sites is 1. The Morgan fingerprint density at radius 1 is 1.24 bits per heavy atom. The lowest BCUT2D eigenvalue weighted by Crippen LogP contribution is -2.28. The van der Waals surface area contributed by atoms with E-state index >= 15 is 0 Å². The van der Waals surface area contributed by atoms with Gasteiger partial charge in [-0.2, -0.15) is 8.78 Å². The molecule has 130 valence electrons. The van der Waals surface area contributed by atoms with Gasteiger partial charge in [0, 0.05) is 11.8 Å². The lowest BCUT2D eigenvalue weighted by Gasteiger charge is -2.09. The van der Waals surface area contributed by atoms with Gasteiger partial charge in [0.2, 0.25) is 0 Å². The summed E-state index contributed by atoms with van der Waals surface area (Å²) < 4.78 is 42.7. The predicted octanol–water partition coefficient (Wildman–Crippen LogP) is 4.36. The third kappa shape index (κ3) is 4.38. The molecule has 3 rings (SSSR count). The Morgan fingerprint density at radius 2 is 2.04 bits per heavy atom. The molecule has 0 radical (unpaired) electrons. The van der Waals surface area contributed by atoms with Gasteiger partial charge in [0.1, 0.15) is 5.01 Å². The van der Waals surface area contributed by atoms with Crippen molar-refractivity contribution >= 4 is 33.3 Å². The molecule has 5 nitrogen and oxygen atoms in total. The average Bonchev–Trinajstić information content (AvgIpc) is 2.98. The number of aromatic nitrogens is 1. The summed E-state index contributed by atoms with van der Waals surface area (Å²) in [5.41, 5.74) is 0.960. The van der Waals surface area contributed by atoms with Crippen LogP contribution in [0.2, 0.25) is 0 Å². The van der Waals surface area contributed by atoms with E-state index in [1.807, 2.05) is 24.3 Å². The van der Waals surface area contributed by atoms with E-state index in [-0.39, 0.29) is 12.2 Å². The SMILES string of the molecule is O=C(NCc1nc2ccccc2s1)Nc1ccc(OC(F)F)c(F)c1. The second-order valence-corrected chi connectivity index (χ2v) is 6.02. The van der Waals surface area contributed by atoms with Crippen LogP contribution in [0.25, 0.3) is 10.2 Å². The molecule has 0 spiro atoms. The number of nitrogens with zero attached hydrogens (tertiary/aromatic N) is 1. The Hall–Kier alpha value is -2.81. The maximum Gasteiger partial charge on any atom is 0.387 e. The summed E-state index contributed by atoms with van der Waals surface area (Å²) in [6.07, 6.45) is 0. The Bertz CT molecular complexity index is 868. The standard InChI is InChI=1S/C16H12F3N3O2S/c17-10-7-9(5-6-12(10)24-15(18)19)21-16(23)20-8-14-22-11-3-1-2-4-13(11)25-14/h1-7,15H,8H2,(H2,20,21,23). The Balaban J connectivity index is 1.57. The minimum absolute atomic E-state index is 0.112. The lowest BCUT2D eigenvalue weighted by molar-refractivity contribution is -0.0521. The fourth-order valence-corrected chi connectivity index (χ4v) is 3.00. The first-order valence-corrected chi connectivity index (χ1v) is 7.96. The van der Waals surface area contributed by atoms with Gasteiger partial charge in [-0.05, 0) is 24.3 Å². The van der Waals surface area contributed by atoms with Crippen molar-refractivity contribution in [3.8, 4) is 5.75 Å². The molecule has 0 saturated carbocycles. The van der Waals surface area contributed by atoms with Gasteiger partial charge in [-0.1, -0.05) is 12.1 Å². The third-order valence-corrected chi connectivity index (χ3v) is 4.18. The minimum atomic E-state index is -3.12. The van der Waals surface area contributed by atoms with Crippen LogP contribution in [0.1, 0.15) is 5.01 Å². The van der Waals surface area contributed by atoms with Crippen LogP contribution in [0, 0.1) is 5.82 Å². The zero-order valence-corrected chi connectivity index (χ0v) is 13.4. The summed E-state index contributed by atoms with van der Waals surface area (Å²) in [6.45, 7) is -2.91. The molecular weight excluding hydrogens is 355 g/mol. The van der Waals surface area contributed by atoms with Crippen LogP contribution < -0.4 is 15.4 Å². The first kappa shape index (κ1) is 17.0. The van der Waals surface area contributed by atoms with Gasteiger partial charge in [-0.15, -0.1) is 11.3 Å². The molecule has 0 bridgehead atoms.